The minimum Gasteiger partial charge on any atom is -0.392 e. The van der Waals surface area contributed by atoms with Crippen LogP contribution in [-0.2, 0) is 12.6 Å². The van der Waals surface area contributed by atoms with Gasteiger partial charge in [-0.05, 0) is 48.2 Å². The van der Waals surface area contributed by atoms with E-state index in [9.17, 15) is 18.3 Å². The van der Waals surface area contributed by atoms with Crippen LogP contribution >= 0.6 is 0 Å². The minimum absolute atomic E-state index is 0.0517. The third kappa shape index (κ3) is 3.94. The van der Waals surface area contributed by atoms with Crippen LogP contribution in [0.15, 0.2) is 48.8 Å². The van der Waals surface area contributed by atoms with E-state index in [0.29, 0.717) is 13.0 Å². The molecule has 6 heteroatoms. The predicted octanol–water partition coefficient (Wildman–Crippen LogP) is 3.45. The van der Waals surface area contributed by atoms with Gasteiger partial charge in [0.25, 0.3) is 0 Å². The molecule has 0 spiro atoms. The monoisotopic (exact) mass is 336 g/mol. The summed E-state index contributed by atoms with van der Waals surface area (Å²) in [7, 11) is 0. The summed E-state index contributed by atoms with van der Waals surface area (Å²) in [5, 5.41) is 9.98. The van der Waals surface area contributed by atoms with Crippen LogP contribution in [0.1, 0.15) is 29.2 Å². The van der Waals surface area contributed by atoms with Gasteiger partial charge in [-0.1, -0.05) is 12.1 Å². The lowest BCUT2D eigenvalue weighted by Gasteiger charge is -2.24. The van der Waals surface area contributed by atoms with Gasteiger partial charge in [-0.15, -0.1) is 0 Å². The summed E-state index contributed by atoms with van der Waals surface area (Å²) < 4.78 is 38.1. The van der Waals surface area contributed by atoms with E-state index >= 15 is 0 Å². The molecule has 24 heavy (non-hydrogen) atoms. The number of alkyl halides is 3. The molecule has 1 saturated heterocycles. The minimum atomic E-state index is -4.32. The number of hydrogen-bond acceptors (Lipinski definition) is 3. The number of likely N-dealkylation sites (tertiary alicyclic amines) is 1. The van der Waals surface area contributed by atoms with Crippen molar-refractivity contribution in [2.75, 3.05) is 13.1 Å². The Labute approximate surface area is 138 Å². The van der Waals surface area contributed by atoms with Crippen molar-refractivity contribution in [3.05, 3.63) is 65.5 Å². The number of pyridine rings is 1. The fraction of sp³-hybridized carbons (Fsp3) is 0.389. The van der Waals surface area contributed by atoms with Gasteiger partial charge in [0.2, 0.25) is 0 Å². The summed E-state index contributed by atoms with van der Waals surface area (Å²) >= 11 is 0. The third-order valence-corrected chi connectivity index (χ3v) is 4.44. The molecule has 1 fully saturated rings. The summed E-state index contributed by atoms with van der Waals surface area (Å²) in [4.78, 5) is 6.11. The molecule has 1 aliphatic rings. The van der Waals surface area contributed by atoms with Crippen LogP contribution in [0.2, 0.25) is 0 Å². The Morgan fingerprint density at radius 3 is 2.38 bits per heavy atom. The zero-order valence-electron chi connectivity index (χ0n) is 13.1. The highest BCUT2D eigenvalue weighted by molar-refractivity contribution is 5.27. The second-order valence-electron chi connectivity index (χ2n) is 6.13. The van der Waals surface area contributed by atoms with Gasteiger partial charge in [0.15, 0.2) is 0 Å². The smallest absolute Gasteiger partial charge is 0.392 e. The van der Waals surface area contributed by atoms with Crippen LogP contribution in [0.4, 0.5) is 13.2 Å². The number of aromatic nitrogens is 1. The molecule has 1 aromatic carbocycles. The molecule has 1 N–H and O–H groups in total. The molecule has 0 bridgehead atoms. The summed E-state index contributed by atoms with van der Waals surface area (Å²) in [5.41, 5.74) is 1.32. The Hall–Kier alpha value is -1.92. The predicted molar refractivity (Wildman–Crippen MR) is 84.3 cm³/mol. The van der Waals surface area contributed by atoms with Crippen LogP contribution in [0, 0.1) is 0 Å². The van der Waals surface area contributed by atoms with Gasteiger partial charge in [0.05, 0.1) is 11.7 Å². The Bertz CT molecular complexity index is 658. The third-order valence-electron chi connectivity index (χ3n) is 4.44. The molecule has 1 aromatic heterocycles. The van der Waals surface area contributed by atoms with Crippen LogP contribution in [0.5, 0.6) is 0 Å². The lowest BCUT2D eigenvalue weighted by Crippen LogP contribution is -2.27. The summed E-state index contributed by atoms with van der Waals surface area (Å²) in [6, 6.07) is 9.10. The molecule has 128 valence electrons. The average molecular weight is 336 g/mol. The zero-order chi connectivity index (χ0) is 17.2. The highest BCUT2D eigenvalue weighted by Gasteiger charge is 2.33. The van der Waals surface area contributed by atoms with Crippen LogP contribution in [0.25, 0.3) is 0 Å². The molecule has 0 amide bonds. The van der Waals surface area contributed by atoms with Crippen molar-refractivity contribution in [2.24, 2.45) is 0 Å². The largest absolute Gasteiger partial charge is 0.416 e. The molecular formula is C18H19F3N2O. The van der Waals surface area contributed by atoms with Crippen molar-refractivity contribution >= 4 is 0 Å². The second-order valence-corrected chi connectivity index (χ2v) is 6.13. The Morgan fingerprint density at radius 2 is 1.75 bits per heavy atom. The first-order chi connectivity index (χ1) is 11.4. The zero-order valence-corrected chi connectivity index (χ0v) is 13.1. The maximum atomic E-state index is 12.7. The maximum absolute atomic E-state index is 12.7. The normalized spacial score (nSPS) is 22.0. The molecule has 3 nitrogen and oxygen atoms in total. The van der Waals surface area contributed by atoms with E-state index in [0.717, 1.165) is 36.2 Å². The molecule has 0 saturated carbocycles. The average Bonchev–Trinajstić information content (AvgIpc) is 2.94. The van der Waals surface area contributed by atoms with E-state index < -0.39 is 17.8 Å². The second kappa shape index (κ2) is 6.91. The first-order valence-electron chi connectivity index (χ1n) is 7.91. The van der Waals surface area contributed by atoms with E-state index in [1.54, 1.807) is 12.4 Å². The van der Waals surface area contributed by atoms with Gasteiger partial charge < -0.3 is 5.11 Å². The van der Waals surface area contributed by atoms with Gasteiger partial charge in [0, 0.05) is 31.5 Å². The molecule has 0 unspecified atom stereocenters. The Balaban J connectivity index is 1.70. The molecular weight excluding hydrogens is 317 g/mol. The van der Waals surface area contributed by atoms with Crippen molar-refractivity contribution in [2.45, 2.75) is 31.2 Å². The maximum Gasteiger partial charge on any atom is 0.416 e. The van der Waals surface area contributed by atoms with E-state index in [4.69, 9.17) is 0 Å². The lowest BCUT2D eigenvalue weighted by atomic mass is 10.0. The van der Waals surface area contributed by atoms with Crippen LogP contribution in [-0.4, -0.2) is 34.2 Å². The quantitative estimate of drug-likeness (QED) is 0.929. The number of aliphatic hydroxyl groups excluding tert-OH is 1. The van der Waals surface area contributed by atoms with Gasteiger partial charge >= 0.3 is 6.18 Å². The molecule has 1 aliphatic heterocycles. The number of nitrogens with zero attached hydrogens (tertiary/aromatic N) is 2. The van der Waals surface area contributed by atoms with Crippen molar-refractivity contribution in [1.29, 1.82) is 0 Å². The van der Waals surface area contributed by atoms with Gasteiger partial charge in [0.1, 0.15) is 0 Å². The molecule has 0 radical (unpaired) electrons. The Kier molecular flexibility index (Phi) is 4.87. The van der Waals surface area contributed by atoms with E-state index in [-0.39, 0.29) is 6.04 Å². The summed E-state index contributed by atoms with van der Waals surface area (Å²) in [5.74, 6) is 0. The van der Waals surface area contributed by atoms with Gasteiger partial charge in [-0.25, -0.2) is 0 Å². The van der Waals surface area contributed by atoms with Crippen molar-refractivity contribution in [3.8, 4) is 0 Å². The molecule has 2 heterocycles. The standard InChI is InChI=1S/C18H19F3N2O/c19-18(20,21)15-3-1-14(2-4-15)17-11-16(24)12-23(17)10-7-13-5-8-22-9-6-13/h1-6,8-9,16-17,24H,7,10-12H2/t16-,17-/m0/s1. The van der Waals surface area contributed by atoms with Crippen molar-refractivity contribution in [1.82, 2.24) is 9.88 Å². The fourth-order valence-electron chi connectivity index (χ4n) is 3.19. The Morgan fingerprint density at radius 1 is 1.08 bits per heavy atom. The number of rotatable bonds is 4. The van der Waals surface area contributed by atoms with Gasteiger partial charge in [-0.3, -0.25) is 9.88 Å². The first-order valence-corrected chi connectivity index (χ1v) is 7.91. The number of halogens is 3. The van der Waals surface area contributed by atoms with Crippen LogP contribution < -0.4 is 0 Å². The van der Waals surface area contributed by atoms with Crippen molar-refractivity contribution < 1.29 is 18.3 Å². The van der Waals surface area contributed by atoms with E-state index in [1.807, 2.05) is 12.1 Å². The SMILES string of the molecule is O[C@H]1C[C@@H](c2ccc(C(F)(F)F)cc2)N(CCc2ccncc2)C1. The lowest BCUT2D eigenvalue weighted by molar-refractivity contribution is -0.137. The number of aliphatic hydroxyl groups is 1. The molecule has 2 atom stereocenters. The first kappa shape index (κ1) is 16.9. The van der Waals surface area contributed by atoms with Crippen LogP contribution in [0.3, 0.4) is 0 Å². The van der Waals surface area contributed by atoms with E-state index in [2.05, 4.69) is 9.88 Å². The summed E-state index contributed by atoms with van der Waals surface area (Å²) in [6.07, 6.45) is 0.0565. The van der Waals surface area contributed by atoms with Crippen molar-refractivity contribution in [3.63, 3.8) is 0 Å². The highest BCUT2D eigenvalue weighted by atomic mass is 19.4. The number of benzene rings is 1. The highest BCUT2D eigenvalue weighted by Crippen LogP contribution is 2.35. The topological polar surface area (TPSA) is 36.4 Å². The van der Waals surface area contributed by atoms with Gasteiger partial charge in [-0.2, -0.15) is 13.2 Å². The fourth-order valence-corrected chi connectivity index (χ4v) is 3.19. The number of hydrogen-bond donors (Lipinski definition) is 1. The molecule has 0 aliphatic carbocycles. The molecule has 3 rings (SSSR count). The van der Waals surface area contributed by atoms with E-state index in [1.165, 1.54) is 12.1 Å². The number of β-amino-alcohol motifs (C(OH)–C–C–N with tert-alkyl or cyclic N) is 1. The summed E-state index contributed by atoms with van der Waals surface area (Å²) in [6.45, 7) is 1.28. The molecule has 2 aromatic rings.